The SMILES string of the molecule is CCNC(=NCc1cc(OC)c(OC)c(OC)c1)NCc1ccccc1N1CCOCC1.I. The lowest BCUT2D eigenvalue weighted by Crippen LogP contribution is -2.39. The minimum absolute atomic E-state index is 0. The van der Waals surface area contributed by atoms with E-state index in [1.807, 2.05) is 12.1 Å². The van der Waals surface area contributed by atoms with Crippen LogP contribution in [0.25, 0.3) is 0 Å². The summed E-state index contributed by atoms with van der Waals surface area (Å²) >= 11 is 0. The number of benzene rings is 2. The number of nitrogens with zero attached hydrogens (tertiary/aromatic N) is 2. The van der Waals surface area contributed by atoms with Crippen molar-refractivity contribution in [2.24, 2.45) is 4.99 Å². The Kier molecular flexibility index (Phi) is 11.4. The smallest absolute Gasteiger partial charge is 0.203 e. The fraction of sp³-hybridized carbons (Fsp3) is 0.458. The highest BCUT2D eigenvalue weighted by molar-refractivity contribution is 14.0. The zero-order valence-corrected chi connectivity index (χ0v) is 22.2. The average molecular weight is 570 g/mol. The third-order valence-electron chi connectivity index (χ3n) is 5.28. The highest BCUT2D eigenvalue weighted by Crippen LogP contribution is 2.38. The summed E-state index contributed by atoms with van der Waals surface area (Å²) in [6.07, 6.45) is 0. The van der Waals surface area contributed by atoms with Crippen molar-refractivity contribution in [3.8, 4) is 17.2 Å². The first kappa shape index (κ1) is 26.8. The summed E-state index contributed by atoms with van der Waals surface area (Å²) in [7, 11) is 4.82. The van der Waals surface area contributed by atoms with E-state index in [4.69, 9.17) is 23.9 Å². The maximum Gasteiger partial charge on any atom is 0.203 e. The molecule has 0 aliphatic carbocycles. The molecule has 1 heterocycles. The van der Waals surface area contributed by atoms with Crippen molar-refractivity contribution in [2.45, 2.75) is 20.0 Å². The van der Waals surface area contributed by atoms with E-state index in [1.165, 1.54) is 11.3 Å². The molecule has 2 N–H and O–H groups in total. The number of aliphatic imine (C=N–C) groups is 1. The van der Waals surface area contributed by atoms with Crippen LogP contribution in [0.2, 0.25) is 0 Å². The van der Waals surface area contributed by atoms with Crippen LogP contribution in [-0.2, 0) is 17.8 Å². The fourth-order valence-electron chi connectivity index (χ4n) is 3.69. The number of para-hydroxylation sites is 1. The number of halogens is 1. The largest absolute Gasteiger partial charge is 0.493 e. The zero-order chi connectivity index (χ0) is 22.8. The van der Waals surface area contributed by atoms with Gasteiger partial charge in [0, 0.05) is 31.9 Å². The summed E-state index contributed by atoms with van der Waals surface area (Å²) in [6, 6.07) is 12.3. The van der Waals surface area contributed by atoms with Gasteiger partial charge in [-0.25, -0.2) is 4.99 Å². The fourth-order valence-corrected chi connectivity index (χ4v) is 3.69. The van der Waals surface area contributed by atoms with Crippen LogP contribution < -0.4 is 29.7 Å². The Labute approximate surface area is 213 Å². The third-order valence-corrected chi connectivity index (χ3v) is 5.28. The molecule has 1 saturated heterocycles. The molecule has 0 saturated carbocycles. The van der Waals surface area contributed by atoms with Gasteiger partial charge in [0.25, 0.3) is 0 Å². The Hall–Kier alpha value is -2.40. The van der Waals surface area contributed by atoms with Crippen LogP contribution in [0.1, 0.15) is 18.1 Å². The van der Waals surface area contributed by atoms with E-state index >= 15 is 0 Å². The van der Waals surface area contributed by atoms with E-state index < -0.39 is 0 Å². The molecular weight excluding hydrogens is 535 g/mol. The second-order valence-electron chi connectivity index (χ2n) is 7.31. The van der Waals surface area contributed by atoms with Gasteiger partial charge in [-0.2, -0.15) is 0 Å². The monoisotopic (exact) mass is 570 g/mol. The second kappa shape index (κ2) is 14.0. The van der Waals surface area contributed by atoms with Gasteiger partial charge in [0.15, 0.2) is 17.5 Å². The number of morpholine rings is 1. The highest BCUT2D eigenvalue weighted by Gasteiger charge is 2.15. The number of ether oxygens (including phenoxy) is 4. The Balaban J connectivity index is 0.00000385. The van der Waals surface area contributed by atoms with Crippen LogP contribution in [0.3, 0.4) is 0 Å². The number of guanidine groups is 1. The minimum atomic E-state index is 0. The molecule has 0 atom stereocenters. The van der Waals surface area contributed by atoms with Gasteiger partial charge >= 0.3 is 0 Å². The van der Waals surface area contributed by atoms with Crippen LogP contribution in [0.4, 0.5) is 5.69 Å². The van der Waals surface area contributed by atoms with Crippen LogP contribution >= 0.6 is 24.0 Å². The Morgan fingerprint density at radius 3 is 2.27 bits per heavy atom. The minimum Gasteiger partial charge on any atom is -0.493 e. The van der Waals surface area contributed by atoms with Crippen LogP contribution in [0.15, 0.2) is 41.4 Å². The van der Waals surface area contributed by atoms with E-state index in [-0.39, 0.29) is 24.0 Å². The van der Waals surface area contributed by atoms with Crippen LogP contribution in [0, 0.1) is 0 Å². The lowest BCUT2D eigenvalue weighted by atomic mass is 10.1. The molecule has 2 aromatic carbocycles. The summed E-state index contributed by atoms with van der Waals surface area (Å²) in [5, 5.41) is 6.78. The summed E-state index contributed by atoms with van der Waals surface area (Å²) in [4.78, 5) is 7.13. The van der Waals surface area contributed by atoms with E-state index in [2.05, 4.69) is 46.7 Å². The lowest BCUT2D eigenvalue weighted by molar-refractivity contribution is 0.122. The number of hydrogen-bond acceptors (Lipinski definition) is 6. The van der Waals surface area contributed by atoms with E-state index in [0.29, 0.717) is 30.3 Å². The standard InChI is InChI=1S/C24H34N4O4.HI/c1-5-25-24(26-16-18-14-21(29-2)23(31-4)22(15-18)30-3)27-17-19-8-6-7-9-20(19)28-10-12-32-13-11-28;/h6-9,14-15H,5,10-13,16-17H2,1-4H3,(H2,25,26,27);1H. The maximum absolute atomic E-state index is 5.50. The number of anilines is 1. The molecule has 0 aromatic heterocycles. The summed E-state index contributed by atoms with van der Waals surface area (Å²) in [6.45, 7) is 7.32. The van der Waals surface area contributed by atoms with Crippen LogP contribution in [-0.4, -0.2) is 60.1 Å². The van der Waals surface area contributed by atoms with E-state index in [9.17, 15) is 0 Å². The summed E-state index contributed by atoms with van der Waals surface area (Å²) in [5.74, 6) is 2.56. The molecule has 2 aromatic rings. The molecule has 8 nitrogen and oxygen atoms in total. The Morgan fingerprint density at radius 1 is 1.00 bits per heavy atom. The molecule has 0 amide bonds. The van der Waals surface area contributed by atoms with Crippen molar-refractivity contribution in [3.63, 3.8) is 0 Å². The van der Waals surface area contributed by atoms with Gasteiger partial charge in [-0.3, -0.25) is 0 Å². The van der Waals surface area contributed by atoms with Gasteiger partial charge < -0.3 is 34.5 Å². The molecule has 0 radical (unpaired) electrons. The van der Waals surface area contributed by atoms with Gasteiger partial charge in [0.2, 0.25) is 5.75 Å². The molecule has 182 valence electrons. The third kappa shape index (κ3) is 7.29. The molecule has 1 fully saturated rings. The molecule has 0 bridgehead atoms. The Bertz CT molecular complexity index is 879. The quantitative estimate of drug-likeness (QED) is 0.272. The van der Waals surface area contributed by atoms with E-state index in [0.717, 1.165) is 44.4 Å². The van der Waals surface area contributed by atoms with Crippen LogP contribution in [0.5, 0.6) is 17.2 Å². The van der Waals surface area contributed by atoms with Crippen molar-refractivity contribution < 1.29 is 18.9 Å². The van der Waals surface area contributed by atoms with Crippen molar-refractivity contribution in [1.82, 2.24) is 10.6 Å². The van der Waals surface area contributed by atoms with Gasteiger partial charge in [0.05, 0.1) is 41.1 Å². The molecule has 0 spiro atoms. The lowest BCUT2D eigenvalue weighted by Gasteiger charge is -2.30. The number of hydrogen-bond donors (Lipinski definition) is 2. The maximum atomic E-state index is 5.50. The molecule has 9 heteroatoms. The number of nitrogens with one attached hydrogen (secondary N) is 2. The Morgan fingerprint density at radius 2 is 1.67 bits per heavy atom. The molecule has 0 unspecified atom stereocenters. The van der Waals surface area contributed by atoms with Crippen molar-refractivity contribution in [3.05, 3.63) is 47.5 Å². The van der Waals surface area contributed by atoms with Gasteiger partial charge in [-0.15, -0.1) is 24.0 Å². The predicted octanol–water partition coefficient (Wildman–Crippen LogP) is 3.42. The molecule has 33 heavy (non-hydrogen) atoms. The molecule has 1 aliphatic rings. The molecule has 1 aliphatic heterocycles. The average Bonchev–Trinajstić information content (AvgIpc) is 2.85. The summed E-state index contributed by atoms with van der Waals surface area (Å²) < 4.78 is 21.8. The highest BCUT2D eigenvalue weighted by atomic mass is 127. The zero-order valence-electron chi connectivity index (χ0n) is 19.8. The number of rotatable bonds is 9. The van der Waals surface area contributed by atoms with Crippen molar-refractivity contribution in [2.75, 3.05) is 59.1 Å². The van der Waals surface area contributed by atoms with E-state index in [1.54, 1.807) is 21.3 Å². The van der Waals surface area contributed by atoms with Crippen molar-refractivity contribution >= 4 is 35.6 Å². The predicted molar refractivity (Wildman–Crippen MR) is 143 cm³/mol. The second-order valence-corrected chi connectivity index (χ2v) is 7.31. The van der Waals surface area contributed by atoms with Gasteiger partial charge in [0.1, 0.15) is 0 Å². The normalized spacial score (nSPS) is 13.7. The van der Waals surface area contributed by atoms with Crippen molar-refractivity contribution in [1.29, 1.82) is 0 Å². The van der Waals surface area contributed by atoms with Gasteiger partial charge in [-0.05, 0) is 36.2 Å². The number of methoxy groups -OCH3 is 3. The molecular formula is C24H35IN4O4. The first-order valence-corrected chi connectivity index (χ1v) is 10.9. The summed E-state index contributed by atoms with van der Waals surface area (Å²) in [5.41, 5.74) is 3.43. The first-order valence-electron chi connectivity index (χ1n) is 10.9. The topological polar surface area (TPSA) is 76.6 Å². The molecule has 3 rings (SSSR count). The first-order chi connectivity index (χ1) is 15.7. The van der Waals surface area contributed by atoms with Gasteiger partial charge in [-0.1, -0.05) is 18.2 Å².